The molecule has 0 aliphatic heterocycles. The van der Waals surface area contributed by atoms with Gasteiger partial charge < -0.3 is 10.1 Å². The van der Waals surface area contributed by atoms with Gasteiger partial charge in [-0.1, -0.05) is 42.5 Å². The van der Waals surface area contributed by atoms with Crippen molar-refractivity contribution in [3.8, 4) is 0 Å². The third kappa shape index (κ3) is 5.54. The summed E-state index contributed by atoms with van der Waals surface area (Å²) in [6, 6.07) is 15.4. The Morgan fingerprint density at radius 3 is 2.36 bits per heavy atom. The van der Waals surface area contributed by atoms with E-state index in [1.165, 1.54) is 0 Å². The summed E-state index contributed by atoms with van der Waals surface area (Å²) in [5, 5.41) is 2.84. The Morgan fingerprint density at radius 2 is 1.72 bits per heavy atom. The number of rotatable bonds is 8. The molecule has 0 heterocycles. The summed E-state index contributed by atoms with van der Waals surface area (Å²) in [6.07, 6.45) is 0.189. The molecule has 0 spiro atoms. The number of hydrogen-bond donors (Lipinski definition) is 1. The summed E-state index contributed by atoms with van der Waals surface area (Å²) in [7, 11) is 1.62. The monoisotopic (exact) mass is 339 g/mol. The van der Waals surface area contributed by atoms with Gasteiger partial charge in [0.25, 0.3) is 0 Å². The molecule has 0 aliphatic rings. The van der Waals surface area contributed by atoms with Gasteiger partial charge in [-0.25, -0.2) is 0 Å². The Hall–Kier alpha value is -2.46. The van der Waals surface area contributed by atoms with Gasteiger partial charge in [-0.05, 0) is 36.6 Å². The molecule has 0 radical (unpaired) electrons. The van der Waals surface area contributed by atoms with Crippen LogP contribution in [0.4, 0.5) is 0 Å². The second-order valence-corrected chi connectivity index (χ2v) is 6.16. The summed E-state index contributed by atoms with van der Waals surface area (Å²) in [5.74, 6) is -0.153. The fraction of sp³-hybridized carbons (Fsp3) is 0.333. The lowest BCUT2D eigenvalue weighted by Crippen LogP contribution is -2.29. The number of carbonyl (C=O) groups excluding carboxylic acids is 2. The Bertz CT molecular complexity index is 725. The van der Waals surface area contributed by atoms with E-state index in [0.717, 1.165) is 16.7 Å². The molecule has 1 atom stereocenters. The standard InChI is InChI=1S/C21H25NO3/c1-15-9-10-18(13-16(15)2)19(23)11-12-21(24)22-14-20(25-3)17-7-5-4-6-8-17/h4-10,13,20H,11-12,14H2,1-3H3,(H,22,24). The molecule has 2 rings (SSSR count). The van der Waals surface area contributed by atoms with Crippen molar-refractivity contribution in [2.75, 3.05) is 13.7 Å². The average Bonchev–Trinajstić information content (AvgIpc) is 2.63. The molecule has 0 aliphatic carbocycles. The second kappa shape index (κ2) is 9.14. The van der Waals surface area contributed by atoms with Gasteiger partial charge in [0.2, 0.25) is 5.91 Å². The van der Waals surface area contributed by atoms with Gasteiger partial charge in [0.05, 0.1) is 6.10 Å². The number of amides is 1. The third-order valence-corrected chi connectivity index (χ3v) is 4.35. The largest absolute Gasteiger partial charge is 0.375 e. The molecule has 132 valence electrons. The Balaban J connectivity index is 1.81. The van der Waals surface area contributed by atoms with Gasteiger partial charge in [0, 0.05) is 32.1 Å². The number of hydrogen-bond acceptors (Lipinski definition) is 3. The van der Waals surface area contributed by atoms with E-state index in [-0.39, 0.29) is 30.6 Å². The molecule has 2 aromatic carbocycles. The van der Waals surface area contributed by atoms with Crippen molar-refractivity contribution in [3.63, 3.8) is 0 Å². The molecule has 25 heavy (non-hydrogen) atoms. The predicted molar refractivity (Wildman–Crippen MR) is 98.7 cm³/mol. The van der Waals surface area contributed by atoms with E-state index in [9.17, 15) is 9.59 Å². The van der Waals surface area contributed by atoms with E-state index < -0.39 is 0 Å². The van der Waals surface area contributed by atoms with Crippen LogP contribution in [0.25, 0.3) is 0 Å². The minimum absolute atomic E-state index is 0.00963. The van der Waals surface area contributed by atoms with Crippen LogP contribution in [-0.4, -0.2) is 25.3 Å². The number of Topliss-reactive ketones (excluding diaryl/α,β-unsaturated/α-hetero) is 1. The van der Waals surface area contributed by atoms with Crippen LogP contribution in [0.2, 0.25) is 0 Å². The number of carbonyl (C=O) groups is 2. The quantitative estimate of drug-likeness (QED) is 0.745. The number of benzene rings is 2. The highest BCUT2D eigenvalue weighted by Crippen LogP contribution is 2.15. The van der Waals surface area contributed by atoms with Crippen LogP contribution in [0.1, 0.15) is 46.0 Å². The van der Waals surface area contributed by atoms with Crippen LogP contribution in [0.3, 0.4) is 0 Å². The fourth-order valence-corrected chi connectivity index (χ4v) is 2.59. The molecular formula is C21H25NO3. The second-order valence-electron chi connectivity index (χ2n) is 6.16. The molecule has 4 heteroatoms. The number of ketones is 1. The number of aryl methyl sites for hydroxylation is 2. The smallest absolute Gasteiger partial charge is 0.220 e. The van der Waals surface area contributed by atoms with E-state index in [0.29, 0.717) is 12.1 Å². The van der Waals surface area contributed by atoms with Gasteiger partial charge in [-0.15, -0.1) is 0 Å². The summed E-state index contributed by atoms with van der Waals surface area (Å²) < 4.78 is 5.42. The van der Waals surface area contributed by atoms with Crippen molar-refractivity contribution >= 4 is 11.7 Å². The van der Waals surface area contributed by atoms with E-state index in [4.69, 9.17) is 4.74 Å². The first-order valence-electron chi connectivity index (χ1n) is 8.46. The third-order valence-electron chi connectivity index (χ3n) is 4.35. The highest BCUT2D eigenvalue weighted by Gasteiger charge is 2.13. The van der Waals surface area contributed by atoms with E-state index in [2.05, 4.69) is 5.32 Å². The minimum atomic E-state index is -0.194. The highest BCUT2D eigenvalue weighted by atomic mass is 16.5. The molecule has 1 N–H and O–H groups in total. The van der Waals surface area contributed by atoms with Gasteiger partial charge in [-0.2, -0.15) is 0 Å². The Kier molecular flexibility index (Phi) is 6.90. The van der Waals surface area contributed by atoms with E-state index >= 15 is 0 Å². The average molecular weight is 339 g/mol. The molecule has 2 aromatic rings. The van der Waals surface area contributed by atoms with Crippen molar-refractivity contribution in [1.82, 2.24) is 5.32 Å². The molecule has 0 aromatic heterocycles. The normalized spacial score (nSPS) is 11.8. The van der Waals surface area contributed by atoms with Crippen LogP contribution < -0.4 is 5.32 Å². The maximum Gasteiger partial charge on any atom is 0.220 e. The Labute approximate surface area is 149 Å². The van der Waals surface area contributed by atoms with Crippen LogP contribution in [0.15, 0.2) is 48.5 Å². The lowest BCUT2D eigenvalue weighted by Gasteiger charge is -2.16. The summed E-state index contributed by atoms with van der Waals surface area (Å²) >= 11 is 0. The first kappa shape index (κ1) is 18.9. The summed E-state index contributed by atoms with van der Waals surface area (Å²) in [6.45, 7) is 4.38. The number of ether oxygens (including phenoxy) is 1. The maximum absolute atomic E-state index is 12.2. The molecule has 0 saturated carbocycles. The molecular weight excluding hydrogens is 314 g/mol. The van der Waals surface area contributed by atoms with E-state index in [1.807, 2.05) is 62.4 Å². The van der Waals surface area contributed by atoms with Crippen molar-refractivity contribution in [3.05, 3.63) is 70.8 Å². The topological polar surface area (TPSA) is 55.4 Å². The van der Waals surface area contributed by atoms with Gasteiger partial charge in [0.1, 0.15) is 0 Å². The fourth-order valence-electron chi connectivity index (χ4n) is 2.59. The SMILES string of the molecule is COC(CNC(=O)CCC(=O)c1ccc(C)c(C)c1)c1ccccc1. The van der Waals surface area contributed by atoms with Crippen molar-refractivity contribution in [1.29, 1.82) is 0 Å². The summed E-state index contributed by atoms with van der Waals surface area (Å²) in [5.41, 5.74) is 3.91. The molecule has 1 amide bonds. The summed E-state index contributed by atoms with van der Waals surface area (Å²) in [4.78, 5) is 24.3. The zero-order valence-electron chi connectivity index (χ0n) is 15.0. The lowest BCUT2D eigenvalue weighted by molar-refractivity contribution is -0.121. The van der Waals surface area contributed by atoms with Crippen LogP contribution >= 0.6 is 0 Å². The minimum Gasteiger partial charge on any atom is -0.375 e. The van der Waals surface area contributed by atoms with E-state index in [1.54, 1.807) is 7.11 Å². The van der Waals surface area contributed by atoms with Gasteiger partial charge in [0.15, 0.2) is 5.78 Å². The van der Waals surface area contributed by atoms with Gasteiger partial charge >= 0.3 is 0 Å². The first-order valence-corrected chi connectivity index (χ1v) is 8.46. The maximum atomic E-state index is 12.2. The molecule has 0 fully saturated rings. The lowest BCUT2D eigenvalue weighted by atomic mass is 10.0. The van der Waals surface area contributed by atoms with Gasteiger partial charge in [-0.3, -0.25) is 9.59 Å². The van der Waals surface area contributed by atoms with Crippen molar-refractivity contribution in [2.24, 2.45) is 0 Å². The predicted octanol–water partition coefficient (Wildman–Crippen LogP) is 3.77. The molecule has 4 nitrogen and oxygen atoms in total. The Morgan fingerprint density at radius 1 is 1.00 bits per heavy atom. The zero-order valence-corrected chi connectivity index (χ0v) is 15.0. The first-order chi connectivity index (χ1) is 12.0. The number of nitrogens with one attached hydrogen (secondary N) is 1. The van der Waals surface area contributed by atoms with Crippen LogP contribution in [0, 0.1) is 13.8 Å². The zero-order chi connectivity index (χ0) is 18.2. The van der Waals surface area contributed by atoms with Crippen LogP contribution in [-0.2, 0) is 9.53 Å². The molecule has 0 bridgehead atoms. The van der Waals surface area contributed by atoms with Crippen molar-refractivity contribution in [2.45, 2.75) is 32.8 Å². The van der Waals surface area contributed by atoms with Crippen LogP contribution in [0.5, 0.6) is 0 Å². The molecule has 1 unspecified atom stereocenters. The molecule has 0 saturated heterocycles. The number of methoxy groups -OCH3 is 1. The van der Waals surface area contributed by atoms with Crippen molar-refractivity contribution < 1.29 is 14.3 Å². The highest BCUT2D eigenvalue weighted by molar-refractivity contribution is 5.98.